The molecule has 0 aromatic heterocycles. The monoisotopic (exact) mass is 268 g/mol. The van der Waals surface area contributed by atoms with Gasteiger partial charge < -0.3 is 4.90 Å². The van der Waals surface area contributed by atoms with Crippen LogP contribution in [-0.2, 0) is 4.79 Å². The van der Waals surface area contributed by atoms with Gasteiger partial charge in [0.2, 0.25) is 5.91 Å². The molecule has 0 aliphatic carbocycles. The molecule has 1 aliphatic heterocycles. The molecule has 20 heavy (non-hydrogen) atoms. The van der Waals surface area contributed by atoms with Crippen LogP contribution in [0.3, 0.4) is 0 Å². The first kappa shape index (κ1) is 12.5. The van der Waals surface area contributed by atoms with E-state index < -0.39 is 0 Å². The highest BCUT2D eigenvalue weighted by Crippen LogP contribution is 2.25. The maximum atomic E-state index is 13.4. The van der Waals surface area contributed by atoms with E-state index in [9.17, 15) is 9.18 Å². The number of carbonyl (C=O) groups is 1. The number of hydrogen-bond donors (Lipinski definition) is 0. The van der Waals surface area contributed by atoms with Crippen molar-refractivity contribution in [1.29, 1.82) is 0 Å². The van der Waals surface area contributed by atoms with Gasteiger partial charge in [-0.2, -0.15) is 0 Å². The zero-order chi connectivity index (χ0) is 14.1. The summed E-state index contributed by atoms with van der Waals surface area (Å²) in [5.74, 6) is -0.393. The fourth-order valence-electron chi connectivity index (χ4n) is 2.32. The second kappa shape index (κ2) is 4.89. The summed E-state index contributed by atoms with van der Waals surface area (Å²) in [4.78, 5) is 17.9. The maximum absolute atomic E-state index is 13.4. The number of likely N-dealkylation sites (N-methyl/N-ethyl adjacent to an activating group) is 1. The first-order valence-electron chi connectivity index (χ1n) is 6.33. The Balaban J connectivity index is 2.20. The largest absolute Gasteiger partial charge is 0.313 e. The smallest absolute Gasteiger partial charge is 0.248 e. The van der Waals surface area contributed by atoms with E-state index in [2.05, 4.69) is 4.99 Å². The van der Waals surface area contributed by atoms with Crippen LogP contribution >= 0.6 is 0 Å². The van der Waals surface area contributed by atoms with Gasteiger partial charge in [0.05, 0.1) is 11.4 Å². The van der Waals surface area contributed by atoms with Crippen molar-refractivity contribution >= 4 is 17.3 Å². The summed E-state index contributed by atoms with van der Waals surface area (Å²) in [6.07, 6.45) is 0. The number of fused-ring (bicyclic) bond motifs is 1. The number of rotatable bonds is 1. The molecule has 0 radical (unpaired) electrons. The number of anilines is 1. The van der Waals surface area contributed by atoms with E-state index in [0.29, 0.717) is 11.3 Å². The number of halogens is 1. The number of hydrogen-bond acceptors (Lipinski definition) is 2. The lowest BCUT2D eigenvalue weighted by molar-refractivity contribution is -0.116. The Bertz CT molecular complexity index is 709. The molecule has 2 aromatic carbocycles. The molecule has 0 spiro atoms. The van der Waals surface area contributed by atoms with Gasteiger partial charge in [-0.05, 0) is 18.2 Å². The van der Waals surface area contributed by atoms with Crippen LogP contribution in [0.15, 0.2) is 53.5 Å². The number of aliphatic imine (C=N–C) groups is 1. The lowest BCUT2D eigenvalue weighted by atomic mass is 10.0. The summed E-state index contributed by atoms with van der Waals surface area (Å²) >= 11 is 0. The molecular weight excluding hydrogens is 255 g/mol. The minimum absolute atomic E-state index is 0.0665. The van der Waals surface area contributed by atoms with Crippen molar-refractivity contribution in [2.24, 2.45) is 4.99 Å². The highest BCUT2D eigenvalue weighted by molar-refractivity contribution is 6.19. The van der Waals surface area contributed by atoms with E-state index in [1.54, 1.807) is 24.1 Å². The predicted molar refractivity (Wildman–Crippen MR) is 76.8 cm³/mol. The average Bonchev–Trinajstić information content (AvgIpc) is 2.58. The van der Waals surface area contributed by atoms with Crippen molar-refractivity contribution in [3.8, 4) is 0 Å². The molecule has 0 saturated heterocycles. The highest BCUT2D eigenvalue weighted by Gasteiger charge is 2.21. The van der Waals surface area contributed by atoms with Crippen molar-refractivity contribution in [2.75, 3.05) is 18.5 Å². The van der Waals surface area contributed by atoms with Crippen LogP contribution in [0.5, 0.6) is 0 Å². The summed E-state index contributed by atoms with van der Waals surface area (Å²) in [7, 11) is 1.73. The lowest BCUT2D eigenvalue weighted by Crippen LogP contribution is -2.27. The standard InChI is InChI=1S/C16H13FN2O/c1-19-14-8-3-2-7-13(14)16(18-10-15(19)20)11-5-4-6-12(17)9-11/h2-9H,10H2,1H3. The number of benzodiazepines with no additional fused rings is 1. The van der Waals surface area contributed by atoms with Gasteiger partial charge in [0.25, 0.3) is 0 Å². The quantitative estimate of drug-likeness (QED) is 0.782. The second-order valence-corrected chi connectivity index (χ2v) is 4.65. The van der Waals surface area contributed by atoms with E-state index in [0.717, 1.165) is 11.3 Å². The summed E-state index contributed by atoms with van der Waals surface area (Å²) in [5, 5.41) is 0. The Kier molecular flexibility index (Phi) is 3.06. The molecule has 100 valence electrons. The van der Waals surface area contributed by atoms with Crippen molar-refractivity contribution in [2.45, 2.75) is 0 Å². The number of carbonyl (C=O) groups excluding carboxylic acids is 1. The van der Waals surface area contributed by atoms with Crippen molar-refractivity contribution in [3.05, 3.63) is 65.5 Å². The second-order valence-electron chi connectivity index (χ2n) is 4.65. The average molecular weight is 268 g/mol. The van der Waals surface area contributed by atoms with E-state index in [4.69, 9.17) is 0 Å². The highest BCUT2D eigenvalue weighted by atomic mass is 19.1. The third-order valence-electron chi connectivity index (χ3n) is 3.37. The summed E-state index contributed by atoms with van der Waals surface area (Å²) in [5.41, 5.74) is 2.96. The van der Waals surface area contributed by atoms with Crippen LogP contribution in [-0.4, -0.2) is 25.2 Å². The first-order chi connectivity index (χ1) is 9.66. The maximum Gasteiger partial charge on any atom is 0.248 e. The Morgan fingerprint density at radius 3 is 2.75 bits per heavy atom. The molecule has 0 saturated carbocycles. The Morgan fingerprint density at radius 2 is 1.95 bits per heavy atom. The fourth-order valence-corrected chi connectivity index (χ4v) is 2.32. The van der Waals surface area contributed by atoms with Gasteiger partial charge in [0.15, 0.2) is 0 Å². The first-order valence-corrected chi connectivity index (χ1v) is 6.33. The zero-order valence-electron chi connectivity index (χ0n) is 11.0. The van der Waals surface area contributed by atoms with E-state index >= 15 is 0 Å². The minimum Gasteiger partial charge on any atom is -0.313 e. The summed E-state index contributed by atoms with van der Waals surface area (Å²) in [6.45, 7) is 0.0665. The van der Waals surface area contributed by atoms with Crippen LogP contribution < -0.4 is 4.90 Å². The van der Waals surface area contributed by atoms with Crippen molar-refractivity contribution in [3.63, 3.8) is 0 Å². The Morgan fingerprint density at radius 1 is 1.15 bits per heavy atom. The summed E-state index contributed by atoms with van der Waals surface area (Å²) < 4.78 is 13.4. The number of para-hydroxylation sites is 1. The van der Waals surface area contributed by atoms with Crippen LogP contribution in [0.1, 0.15) is 11.1 Å². The molecular formula is C16H13FN2O. The predicted octanol–water partition coefficient (Wildman–Crippen LogP) is 2.64. The molecule has 1 aliphatic rings. The summed E-state index contributed by atoms with van der Waals surface area (Å²) in [6, 6.07) is 13.8. The number of nitrogens with zero attached hydrogens (tertiary/aromatic N) is 2. The van der Waals surface area contributed by atoms with Gasteiger partial charge in [0, 0.05) is 18.2 Å². The fraction of sp³-hybridized carbons (Fsp3) is 0.125. The van der Waals surface area contributed by atoms with Gasteiger partial charge in [-0.1, -0.05) is 30.3 Å². The van der Waals surface area contributed by atoms with Gasteiger partial charge >= 0.3 is 0 Å². The Hall–Kier alpha value is -2.49. The van der Waals surface area contributed by atoms with E-state index in [1.807, 2.05) is 24.3 Å². The van der Waals surface area contributed by atoms with E-state index in [1.165, 1.54) is 12.1 Å². The Labute approximate surface area is 116 Å². The molecule has 2 aromatic rings. The third-order valence-corrected chi connectivity index (χ3v) is 3.37. The molecule has 0 N–H and O–H groups in total. The number of amides is 1. The third kappa shape index (κ3) is 2.09. The normalized spacial score (nSPS) is 14.6. The molecule has 4 heteroatoms. The molecule has 3 rings (SSSR count). The molecule has 1 amide bonds. The molecule has 0 fully saturated rings. The van der Waals surface area contributed by atoms with Gasteiger partial charge in [-0.15, -0.1) is 0 Å². The molecule has 1 heterocycles. The van der Waals surface area contributed by atoms with Crippen molar-refractivity contribution < 1.29 is 9.18 Å². The minimum atomic E-state index is -0.313. The zero-order valence-corrected chi connectivity index (χ0v) is 11.0. The lowest BCUT2D eigenvalue weighted by Gasteiger charge is -2.17. The topological polar surface area (TPSA) is 32.7 Å². The van der Waals surface area contributed by atoms with Gasteiger partial charge in [-0.25, -0.2) is 4.39 Å². The van der Waals surface area contributed by atoms with Gasteiger partial charge in [-0.3, -0.25) is 9.79 Å². The SMILES string of the molecule is CN1C(=O)CN=C(c2cccc(F)c2)c2ccccc21. The van der Waals surface area contributed by atoms with Gasteiger partial charge in [0.1, 0.15) is 12.4 Å². The molecule has 0 atom stereocenters. The van der Waals surface area contributed by atoms with E-state index in [-0.39, 0.29) is 18.3 Å². The number of benzene rings is 2. The molecule has 3 nitrogen and oxygen atoms in total. The molecule has 0 unspecified atom stereocenters. The van der Waals surface area contributed by atoms with Crippen LogP contribution in [0, 0.1) is 5.82 Å². The van der Waals surface area contributed by atoms with Crippen LogP contribution in [0.25, 0.3) is 0 Å². The van der Waals surface area contributed by atoms with Crippen LogP contribution in [0.4, 0.5) is 10.1 Å². The van der Waals surface area contributed by atoms with Crippen molar-refractivity contribution in [1.82, 2.24) is 0 Å². The van der Waals surface area contributed by atoms with Crippen LogP contribution in [0.2, 0.25) is 0 Å². The molecule has 0 bridgehead atoms.